The third-order valence-electron chi connectivity index (χ3n) is 13.2. The Morgan fingerprint density at radius 1 is 0.642 bits per heavy atom. The lowest BCUT2D eigenvalue weighted by Crippen LogP contribution is -2.25. The molecule has 0 atom stereocenters. The van der Waals surface area contributed by atoms with E-state index in [9.17, 15) is 0 Å². The number of para-hydroxylation sites is 1. The second-order valence-electron chi connectivity index (χ2n) is 17.4. The van der Waals surface area contributed by atoms with Crippen molar-refractivity contribution in [2.24, 2.45) is 0 Å². The van der Waals surface area contributed by atoms with Crippen LogP contribution in [0.3, 0.4) is 0 Å². The molecular formula is C62H48N4S. The van der Waals surface area contributed by atoms with Crippen molar-refractivity contribution >= 4 is 74.0 Å². The molecule has 0 fully saturated rings. The fourth-order valence-corrected chi connectivity index (χ4v) is 11.1. The van der Waals surface area contributed by atoms with Gasteiger partial charge in [0, 0.05) is 54.0 Å². The van der Waals surface area contributed by atoms with E-state index in [1.807, 2.05) is 11.8 Å². The minimum atomic E-state index is 0.707. The highest BCUT2D eigenvalue weighted by atomic mass is 32.2. The quantitative estimate of drug-likeness (QED) is 0.160. The molecule has 0 saturated carbocycles. The number of aryl methyl sites for hydroxylation is 1. The van der Waals surface area contributed by atoms with E-state index in [1.54, 1.807) is 0 Å². The molecule has 3 heterocycles. The van der Waals surface area contributed by atoms with Crippen LogP contribution in [0, 0.1) is 6.92 Å². The predicted octanol–water partition coefficient (Wildman–Crippen LogP) is 16.8. The minimum Gasteiger partial charge on any atom is -0.309 e. The predicted molar refractivity (Wildman–Crippen MR) is 287 cm³/mol. The number of allylic oxidation sites excluding steroid dienone is 11. The van der Waals surface area contributed by atoms with Gasteiger partial charge in [-0.15, -0.1) is 0 Å². The Bertz CT molecular complexity index is 3610. The van der Waals surface area contributed by atoms with Crippen molar-refractivity contribution in [3.63, 3.8) is 0 Å². The Balaban J connectivity index is 1.04. The zero-order valence-electron chi connectivity index (χ0n) is 37.7. The maximum Gasteiger partial charge on any atom is 0.160 e. The fourth-order valence-electron chi connectivity index (χ4n) is 10.0. The normalized spacial score (nSPS) is 15.6. The van der Waals surface area contributed by atoms with Crippen molar-refractivity contribution < 1.29 is 0 Å². The number of nitrogens with zero attached hydrogens (tertiary/aromatic N) is 4. The van der Waals surface area contributed by atoms with Crippen LogP contribution in [0.5, 0.6) is 0 Å². The van der Waals surface area contributed by atoms with Crippen molar-refractivity contribution in [2.45, 2.75) is 39.5 Å². The summed E-state index contributed by atoms with van der Waals surface area (Å²) in [6.07, 6.45) is 33.5. The van der Waals surface area contributed by atoms with Crippen LogP contribution in [0.15, 0.2) is 209 Å². The first-order chi connectivity index (χ1) is 33.1. The van der Waals surface area contributed by atoms with Gasteiger partial charge in [0.05, 0.1) is 33.6 Å². The highest BCUT2D eigenvalue weighted by Crippen LogP contribution is 2.48. The summed E-state index contributed by atoms with van der Waals surface area (Å²) in [5.74, 6) is 0.707. The summed E-state index contributed by atoms with van der Waals surface area (Å²) < 4.78 is 2.46. The molecule has 6 aromatic carbocycles. The highest BCUT2D eigenvalue weighted by molar-refractivity contribution is 8.07. The highest BCUT2D eigenvalue weighted by Gasteiger charge is 2.29. The van der Waals surface area contributed by atoms with Crippen LogP contribution in [0.25, 0.3) is 84.8 Å². The van der Waals surface area contributed by atoms with E-state index in [0.29, 0.717) is 5.82 Å². The maximum atomic E-state index is 5.41. The van der Waals surface area contributed by atoms with E-state index < -0.39 is 0 Å². The molecule has 3 aliphatic carbocycles. The summed E-state index contributed by atoms with van der Waals surface area (Å²) >= 11 is 1.87. The van der Waals surface area contributed by atoms with E-state index in [-0.39, 0.29) is 0 Å². The van der Waals surface area contributed by atoms with Crippen molar-refractivity contribution in [1.29, 1.82) is 0 Å². The summed E-state index contributed by atoms with van der Waals surface area (Å²) in [7, 11) is 0. The van der Waals surface area contributed by atoms with Gasteiger partial charge in [0.2, 0.25) is 0 Å². The van der Waals surface area contributed by atoms with E-state index in [0.717, 1.165) is 70.2 Å². The summed E-state index contributed by atoms with van der Waals surface area (Å²) in [5, 5.41) is 3.54. The Morgan fingerprint density at radius 3 is 2.28 bits per heavy atom. The molecule has 0 N–H and O–H groups in total. The van der Waals surface area contributed by atoms with E-state index in [4.69, 9.17) is 9.97 Å². The van der Waals surface area contributed by atoms with Crippen LogP contribution in [0.1, 0.15) is 60.4 Å². The van der Waals surface area contributed by atoms with Crippen LogP contribution in [0.4, 0.5) is 5.69 Å². The number of aromatic nitrogens is 3. The molecular weight excluding hydrogens is 833 g/mol. The van der Waals surface area contributed by atoms with Gasteiger partial charge in [0.1, 0.15) is 0 Å². The molecule has 67 heavy (non-hydrogen) atoms. The molecule has 1 aliphatic heterocycles. The van der Waals surface area contributed by atoms with Crippen LogP contribution in [-0.2, 0) is 0 Å². The van der Waals surface area contributed by atoms with E-state index >= 15 is 0 Å². The first-order valence-electron chi connectivity index (χ1n) is 23.4. The summed E-state index contributed by atoms with van der Waals surface area (Å²) in [6.45, 7) is 4.35. The third kappa shape index (κ3) is 7.27. The van der Waals surface area contributed by atoms with Crippen molar-refractivity contribution in [1.82, 2.24) is 14.5 Å². The molecule has 0 radical (unpaired) electrons. The molecule has 0 saturated heterocycles. The zero-order chi connectivity index (χ0) is 44.8. The summed E-state index contributed by atoms with van der Waals surface area (Å²) in [4.78, 5) is 15.7. The van der Waals surface area contributed by atoms with Crippen LogP contribution in [-0.4, -0.2) is 14.5 Å². The average Bonchev–Trinajstić information content (AvgIpc) is 3.67. The van der Waals surface area contributed by atoms with Crippen molar-refractivity contribution in [2.75, 3.05) is 4.90 Å². The van der Waals surface area contributed by atoms with Gasteiger partial charge in [-0.2, -0.15) is 0 Å². The van der Waals surface area contributed by atoms with Gasteiger partial charge in [-0.1, -0.05) is 170 Å². The molecule has 322 valence electrons. The second kappa shape index (κ2) is 17.2. The molecule has 4 nitrogen and oxygen atoms in total. The van der Waals surface area contributed by atoms with Gasteiger partial charge in [0.15, 0.2) is 5.82 Å². The number of benzene rings is 6. The molecule has 4 aliphatic rings. The lowest BCUT2D eigenvalue weighted by Gasteiger charge is -2.35. The average molecular weight is 881 g/mol. The zero-order valence-corrected chi connectivity index (χ0v) is 38.5. The molecule has 5 heteroatoms. The van der Waals surface area contributed by atoms with Gasteiger partial charge in [-0.3, -0.25) is 0 Å². The van der Waals surface area contributed by atoms with Crippen LogP contribution < -0.4 is 4.90 Å². The Kier molecular flexibility index (Phi) is 10.5. The van der Waals surface area contributed by atoms with Gasteiger partial charge < -0.3 is 9.47 Å². The summed E-state index contributed by atoms with van der Waals surface area (Å²) in [6, 6.07) is 46.2. The molecule has 0 unspecified atom stereocenters. The molecule has 0 bridgehead atoms. The molecule has 12 rings (SSSR count). The maximum absolute atomic E-state index is 5.41. The second-order valence-corrected chi connectivity index (χ2v) is 18.5. The Morgan fingerprint density at radius 2 is 1.42 bits per heavy atom. The third-order valence-corrected chi connectivity index (χ3v) is 14.3. The number of hydrogen-bond donors (Lipinski definition) is 0. The van der Waals surface area contributed by atoms with Gasteiger partial charge >= 0.3 is 0 Å². The number of fused-ring (bicyclic) bond motifs is 7. The Labute approximate surface area is 396 Å². The van der Waals surface area contributed by atoms with Crippen molar-refractivity contribution in [3.05, 3.63) is 237 Å². The monoisotopic (exact) mass is 880 g/mol. The first-order valence-corrected chi connectivity index (χ1v) is 24.2. The topological polar surface area (TPSA) is 34.0 Å². The molecule has 0 amide bonds. The molecule has 2 aromatic heterocycles. The standard InChI is InChI=1S/C62H48N4S/c1-3-4-27-49-41(2)32-35-52-60(43-20-10-5-11-21-43)63-62(64-61(49)52)46-23-17-26-48(38-46)66-55-37-34-42-19-9-6-14-28-50(42)59(55)51-36-33-45(39-56(51)66)44-22-18-30-54-58(40-44)67-57-31-16-8-15-29-53(57)65(54)47-24-12-7-13-25-47/h4-5,7,9-17,19-40H,3,6,8,18H2,1-2H3/b27-4-. The smallest absolute Gasteiger partial charge is 0.160 e. The van der Waals surface area contributed by atoms with E-state index in [1.165, 1.54) is 71.0 Å². The lowest BCUT2D eigenvalue weighted by molar-refractivity contribution is 1.11. The number of anilines is 1. The van der Waals surface area contributed by atoms with Crippen molar-refractivity contribution in [3.8, 4) is 28.3 Å². The van der Waals surface area contributed by atoms with Gasteiger partial charge in [-0.05, 0) is 115 Å². The number of hydrogen-bond acceptors (Lipinski definition) is 4. The van der Waals surface area contributed by atoms with Crippen LogP contribution >= 0.6 is 11.8 Å². The first kappa shape index (κ1) is 40.8. The number of thioether (sulfide) groups is 1. The molecule has 8 aromatic rings. The van der Waals surface area contributed by atoms with Gasteiger partial charge in [0.25, 0.3) is 0 Å². The number of rotatable bonds is 7. The summed E-state index contributed by atoms with van der Waals surface area (Å²) in [5.41, 5.74) is 18.2. The largest absolute Gasteiger partial charge is 0.309 e. The lowest BCUT2D eigenvalue weighted by atomic mass is 9.98. The Hall–Kier alpha value is -7.73. The fraction of sp³-hybridized carbons (Fsp3) is 0.0968. The SMILES string of the molecule is CC/C=C\c1c(C)ccc2c(-c3ccccc3)nc(-c3cccc(-n4c5cc(C6=CCC=C7C(=C6)SC6=C(C=CCC=C6)N7c6ccccc6)ccc5c5c6c(ccc54)C=CCC=C6)c3)nc12. The van der Waals surface area contributed by atoms with Gasteiger partial charge in [-0.25, -0.2) is 9.97 Å². The van der Waals surface area contributed by atoms with Crippen LogP contribution in [0.2, 0.25) is 0 Å². The molecule has 0 spiro atoms. The minimum absolute atomic E-state index is 0.707. The van der Waals surface area contributed by atoms with E-state index in [2.05, 4.69) is 230 Å².